The number of nitrogens with one attached hydrogen (secondary N) is 1. The van der Waals surface area contributed by atoms with Crippen molar-refractivity contribution in [2.45, 2.75) is 78.1 Å². The third kappa shape index (κ3) is 5.58. The van der Waals surface area contributed by atoms with E-state index < -0.39 is 5.60 Å². The summed E-state index contributed by atoms with van der Waals surface area (Å²) in [5, 5.41) is 12.8. The summed E-state index contributed by atoms with van der Waals surface area (Å²) in [5.41, 5.74) is 3.05. The molecule has 1 saturated carbocycles. The second kappa shape index (κ2) is 10.6. The van der Waals surface area contributed by atoms with Crippen molar-refractivity contribution in [2.24, 2.45) is 11.8 Å². The van der Waals surface area contributed by atoms with E-state index >= 15 is 0 Å². The minimum atomic E-state index is -0.532. The molecular weight excluding hydrogens is 504 g/mol. The zero-order valence-electron chi connectivity index (χ0n) is 24.3. The molecule has 1 aromatic heterocycles. The molecule has 0 radical (unpaired) electrons. The number of fused-ring (bicyclic) bond motifs is 1. The molecule has 9 nitrogen and oxygen atoms in total. The van der Waals surface area contributed by atoms with E-state index in [1.807, 2.05) is 31.7 Å². The number of amides is 2. The summed E-state index contributed by atoms with van der Waals surface area (Å²) in [4.78, 5) is 36.4. The van der Waals surface area contributed by atoms with E-state index in [1.165, 1.54) is 0 Å². The Morgan fingerprint density at radius 1 is 1.12 bits per heavy atom. The first-order valence-electron chi connectivity index (χ1n) is 14.3. The predicted octanol–water partition coefficient (Wildman–Crippen LogP) is 5.33. The van der Waals surface area contributed by atoms with Gasteiger partial charge in [-0.1, -0.05) is 6.92 Å². The Balaban J connectivity index is 1.45. The molecular formula is C31H40N6O3. The van der Waals surface area contributed by atoms with E-state index in [9.17, 15) is 14.9 Å². The van der Waals surface area contributed by atoms with Crippen LogP contribution in [-0.2, 0) is 9.53 Å². The summed E-state index contributed by atoms with van der Waals surface area (Å²) in [6, 6.07) is 12.2. The molecule has 9 heteroatoms. The van der Waals surface area contributed by atoms with Crippen LogP contribution in [0.2, 0.25) is 0 Å². The van der Waals surface area contributed by atoms with Crippen LogP contribution in [0.4, 0.5) is 22.0 Å². The zero-order valence-corrected chi connectivity index (χ0v) is 24.3. The molecule has 40 heavy (non-hydrogen) atoms. The summed E-state index contributed by atoms with van der Waals surface area (Å²) >= 11 is 0. The maximum atomic E-state index is 13.0. The SMILES string of the molecule is CC(=O)N1c2ccc(N3CCN(C(=O)OC(C)(C)C)[C@@H](C)C3)cc2[C@H](Nc2ccc(C#N)cn2)[C@@H](C)C1C1CC1. The second-order valence-electron chi connectivity index (χ2n) is 12.5. The molecule has 4 atom stereocenters. The molecule has 0 bridgehead atoms. The predicted molar refractivity (Wildman–Crippen MR) is 155 cm³/mol. The fourth-order valence-electron chi connectivity index (χ4n) is 6.24. The van der Waals surface area contributed by atoms with Crippen molar-refractivity contribution in [3.63, 3.8) is 0 Å². The van der Waals surface area contributed by atoms with Crippen LogP contribution in [-0.4, -0.2) is 59.2 Å². The molecule has 3 aliphatic rings. The number of carbonyl (C=O) groups is 2. The van der Waals surface area contributed by atoms with Gasteiger partial charge in [0, 0.05) is 67.7 Å². The number of hydrogen-bond acceptors (Lipinski definition) is 7. The zero-order chi connectivity index (χ0) is 28.8. The van der Waals surface area contributed by atoms with Crippen LogP contribution in [0.15, 0.2) is 36.5 Å². The van der Waals surface area contributed by atoms with Crippen molar-refractivity contribution < 1.29 is 14.3 Å². The number of piperazine rings is 1. The number of pyridine rings is 1. The van der Waals surface area contributed by atoms with Gasteiger partial charge in [0.05, 0.1) is 11.6 Å². The molecule has 2 aliphatic heterocycles. The molecule has 2 fully saturated rings. The number of anilines is 3. The summed E-state index contributed by atoms with van der Waals surface area (Å²) in [6.45, 7) is 13.5. The highest BCUT2D eigenvalue weighted by molar-refractivity contribution is 5.94. The van der Waals surface area contributed by atoms with Crippen LogP contribution in [0.25, 0.3) is 0 Å². The Labute approximate surface area is 237 Å². The lowest BCUT2D eigenvalue weighted by Crippen LogP contribution is -2.55. The summed E-state index contributed by atoms with van der Waals surface area (Å²) < 4.78 is 5.63. The monoisotopic (exact) mass is 544 g/mol. The van der Waals surface area contributed by atoms with Gasteiger partial charge in [0.2, 0.25) is 5.91 Å². The highest BCUT2D eigenvalue weighted by Gasteiger charge is 2.47. The van der Waals surface area contributed by atoms with Crippen molar-refractivity contribution in [3.8, 4) is 6.07 Å². The highest BCUT2D eigenvalue weighted by Crippen LogP contribution is 2.50. The maximum Gasteiger partial charge on any atom is 0.410 e. The Morgan fingerprint density at radius 2 is 1.88 bits per heavy atom. The van der Waals surface area contributed by atoms with E-state index in [1.54, 1.807) is 24.1 Å². The third-order valence-corrected chi connectivity index (χ3v) is 8.23. The molecule has 1 saturated heterocycles. The molecule has 1 aromatic carbocycles. The second-order valence-corrected chi connectivity index (χ2v) is 12.5. The quantitative estimate of drug-likeness (QED) is 0.555. The number of nitrogens with zero attached hydrogens (tertiary/aromatic N) is 5. The third-order valence-electron chi connectivity index (χ3n) is 8.23. The molecule has 1 N–H and O–H groups in total. The van der Waals surface area contributed by atoms with Gasteiger partial charge in [0.1, 0.15) is 17.5 Å². The highest BCUT2D eigenvalue weighted by atomic mass is 16.6. The van der Waals surface area contributed by atoms with Crippen LogP contribution < -0.4 is 15.1 Å². The van der Waals surface area contributed by atoms with Gasteiger partial charge in [-0.15, -0.1) is 0 Å². The van der Waals surface area contributed by atoms with Crippen LogP contribution >= 0.6 is 0 Å². The van der Waals surface area contributed by atoms with Gasteiger partial charge in [0.25, 0.3) is 0 Å². The van der Waals surface area contributed by atoms with Gasteiger partial charge in [0.15, 0.2) is 0 Å². The Hall–Kier alpha value is -3.80. The van der Waals surface area contributed by atoms with Crippen molar-refractivity contribution >= 4 is 29.2 Å². The average molecular weight is 545 g/mol. The Kier molecular flexibility index (Phi) is 7.38. The lowest BCUT2D eigenvalue weighted by Gasteiger charge is -2.46. The average Bonchev–Trinajstić information content (AvgIpc) is 3.74. The largest absolute Gasteiger partial charge is 0.444 e. The van der Waals surface area contributed by atoms with Crippen molar-refractivity contribution in [1.29, 1.82) is 5.26 Å². The van der Waals surface area contributed by atoms with Crippen LogP contribution in [0.5, 0.6) is 0 Å². The number of nitriles is 1. The number of carbonyl (C=O) groups excluding carboxylic acids is 2. The van der Waals surface area contributed by atoms with Gasteiger partial charge in [-0.3, -0.25) is 4.79 Å². The molecule has 1 aliphatic carbocycles. The molecule has 1 unspecified atom stereocenters. The number of ether oxygens (including phenoxy) is 1. The van der Waals surface area contributed by atoms with Crippen molar-refractivity contribution in [2.75, 3.05) is 34.8 Å². The van der Waals surface area contributed by atoms with Gasteiger partial charge in [-0.2, -0.15) is 5.26 Å². The van der Waals surface area contributed by atoms with E-state index in [2.05, 4.69) is 53.3 Å². The summed E-state index contributed by atoms with van der Waals surface area (Å²) in [5.74, 6) is 1.41. The van der Waals surface area contributed by atoms with Crippen LogP contribution in [0.1, 0.15) is 71.6 Å². The minimum absolute atomic E-state index is 0.0108. The van der Waals surface area contributed by atoms with Gasteiger partial charge in [-0.05, 0) is 76.8 Å². The molecule has 2 amide bonds. The molecule has 212 valence electrons. The van der Waals surface area contributed by atoms with E-state index in [0.717, 1.165) is 29.8 Å². The van der Waals surface area contributed by atoms with E-state index in [0.29, 0.717) is 36.9 Å². The topological polar surface area (TPSA) is 102 Å². The van der Waals surface area contributed by atoms with Gasteiger partial charge in [-0.25, -0.2) is 9.78 Å². The molecule has 0 spiro atoms. The molecule has 3 heterocycles. The van der Waals surface area contributed by atoms with Crippen molar-refractivity contribution in [3.05, 3.63) is 47.7 Å². The first kappa shape index (κ1) is 27.8. The molecule has 2 aromatic rings. The first-order valence-corrected chi connectivity index (χ1v) is 14.3. The fraction of sp³-hybridized carbons (Fsp3) is 0.548. The van der Waals surface area contributed by atoms with Gasteiger partial charge < -0.3 is 24.8 Å². The number of rotatable bonds is 4. The van der Waals surface area contributed by atoms with Crippen molar-refractivity contribution in [1.82, 2.24) is 9.88 Å². The normalized spacial score (nSPS) is 24.7. The fourth-order valence-corrected chi connectivity index (χ4v) is 6.24. The summed E-state index contributed by atoms with van der Waals surface area (Å²) in [7, 11) is 0. The lowest BCUT2D eigenvalue weighted by atomic mass is 9.79. The minimum Gasteiger partial charge on any atom is -0.444 e. The number of benzene rings is 1. The van der Waals surface area contributed by atoms with Crippen LogP contribution in [0, 0.1) is 23.2 Å². The maximum absolute atomic E-state index is 13.0. The standard InChI is InChI=1S/C31H40N6O3/c1-19-18-35(13-14-36(19)30(39)40-31(4,5)6)24-10-11-26-25(15-24)28(34-27-12-7-22(16-32)17-33-27)20(2)29(23-8-9-23)37(26)21(3)38/h7,10-12,15,17,19-20,23,28-29H,8-9,13-14,18H2,1-6H3,(H,33,34)/t19-,20+,28+,29?/m0/s1. The molecule has 5 rings (SSSR count). The lowest BCUT2D eigenvalue weighted by molar-refractivity contribution is -0.117. The van der Waals surface area contributed by atoms with E-state index in [4.69, 9.17) is 4.74 Å². The first-order chi connectivity index (χ1) is 19.0. The Morgan fingerprint density at radius 3 is 2.45 bits per heavy atom. The number of hydrogen-bond donors (Lipinski definition) is 1. The van der Waals surface area contributed by atoms with Crippen LogP contribution in [0.3, 0.4) is 0 Å². The Bertz CT molecular complexity index is 1310. The number of aromatic nitrogens is 1. The van der Waals surface area contributed by atoms with E-state index in [-0.39, 0.29) is 36.0 Å². The van der Waals surface area contributed by atoms with Gasteiger partial charge >= 0.3 is 6.09 Å². The smallest absolute Gasteiger partial charge is 0.410 e. The summed E-state index contributed by atoms with van der Waals surface area (Å²) in [6.07, 6.45) is 3.57.